The Morgan fingerprint density at radius 1 is 1.70 bits per heavy atom. The van der Waals surface area contributed by atoms with Crippen LogP contribution in [0.4, 0.5) is 0 Å². The van der Waals surface area contributed by atoms with Crippen LogP contribution in [0, 0.1) is 10.8 Å². The minimum atomic E-state index is -0.825. The van der Waals surface area contributed by atoms with Gasteiger partial charge >= 0.3 is 0 Å². The van der Waals surface area contributed by atoms with Gasteiger partial charge in [0.1, 0.15) is 0 Å². The van der Waals surface area contributed by atoms with E-state index in [-0.39, 0.29) is 10.7 Å². The second-order valence-corrected chi connectivity index (χ2v) is 2.24. The minimum Gasteiger partial charge on any atom is -0.387 e. The third-order valence-corrected chi connectivity index (χ3v) is 1.10. The Hall–Kier alpha value is -0.670. The van der Waals surface area contributed by atoms with E-state index in [0.29, 0.717) is 0 Å². The largest absolute Gasteiger partial charge is 0.387 e. The van der Waals surface area contributed by atoms with Crippen LogP contribution in [0.15, 0.2) is 11.1 Å². The first-order chi connectivity index (χ1) is 4.57. The molecule has 0 heterocycles. The molecule has 56 valence electrons. The van der Waals surface area contributed by atoms with E-state index in [2.05, 4.69) is 0 Å². The molecule has 0 aliphatic rings. The Balaban J connectivity index is 4.13. The molecule has 3 nitrogen and oxygen atoms in total. The lowest BCUT2D eigenvalue weighted by molar-refractivity contribution is 0.262. The van der Waals surface area contributed by atoms with Crippen LogP contribution in [-0.2, 0) is 0 Å². The molecule has 0 rings (SSSR count). The monoisotopic (exact) mass is 160 g/mol. The summed E-state index contributed by atoms with van der Waals surface area (Å²) < 4.78 is 0. The predicted octanol–water partition coefficient (Wildman–Crippen LogP) is 1.16. The van der Waals surface area contributed by atoms with Crippen molar-refractivity contribution in [3.8, 4) is 0 Å². The van der Waals surface area contributed by atoms with Gasteiger partial charge in [-0.05, 0) is 13.0 Å². The summed E-state index contributed by atoms with van der Waals surface area (Å²) in [6.07, 6.45) is 1.33. The Morgan fingerprint density at radius 3 is 2.50 bits per heavy atom. The van der Waals surface area contributed by atoms with Gasteiger partial charge < -0.3 is 15.9 Å². The first-order valence-corrected chi connectivity index (χ1v) is 3.10. The van der Waals surface area contributed by atoms with Gasteiger partial charge in [0.05, 0.1) is 16.8 Å². The van der Waals surface area contributed by atoms with Gasteiger partial charge in [-0.25, -0.2) is 0 Å². The standard InChI is InChI=1S/C6H9ClN2O/c1-4(10)6(9)2-5(7)3-8/h2-4,8-10H,1H3/b5-2+,8-3?,9-6?. The molecule has 0 aromatic rings. The molecule has 0 bridgehead atoms. The summed E-state index contributed by atoms with van der Waals surface area (Å²) >= 11 is 5.37. The fourth-order valence-corrected chi connectivity index (χ4v) is 0.428. The molecule has 0 radical (unpaired) electrons. The molecule has 0 spiro atoms. The molecule has 0 saturated heterocycles. The summed E-state index contributed by atoms with van der Waals surface area (Å²) in [7, 11) is 0. The maximum absolute atomic E-state index is 8.76. The number of allylic oxidation sites excluding steroid dienone is 1. The van der Waals surface area contributed by atoms with E-state index in [9.17, 15) is 0 Å². The molecule has 0 fully saturated rings. The van der Waals surface area contributed by atoms with Gasteiger partial charge in [0.15, 0.2) is 0 Å². The number of aliphatic hydroxyl groups excluding tert-OH is 1. The number of rotatable bonds is 3. The second kappa shape index (κ2) is 4.19. The average Bonchev–Trinajstić information content (AvgIpc) is 1.87. The average molecular weight is 161 g/mol. The van der Waals surface area contributed by atoms with Crippen molar-refractivity contribution in [1.82, 2.24) is 0 Å². The zero-order chi connectivity index (χ0) is 8.15. The Bertz CT molecular complexity index is 175. The maximum atomic E-state index is 8.76. The van der Waals surface area contributed by atoms with Crippen LogP contribution in [0.2, 0.25) is 0 Å². The number of aliphatic hydroxyl groups is 1. The van der Waals surface area contributed by atoms with Crippen molar-refractivity contribution < 1.29 is 5.11 Å². The molecule has 0 aromatic heterocycles. The fraction of sp³-hybridized carbons (Fsp3) is 0.333. The van der Waals surface area contributed by atoms with Gasteiger partial charge in [-0.2, -0.15) is 0 Å². The van der Waals surface area contributed by atoms with E-state index in [4.69, 9.17) is 27.5 Å². The second-order valence-electron chi connectivity index (χ2n) is 1.80. The topological polar surface area (TPSA) is 67.9 Å². The van der Waals surface area contributed by atoms with Crippen LogP contribution in [-0.4, -0.2) is 23.1 Å². The summed E-state index contributed by atoms with van der Waals surface area (Å²) in [6, 6.07) is 0. The third kappa shape index (κ3) is 3.37. The molecule has 0 aromatic carbocycles. The molecule has 10 heavy (non-hydrogen) atoms. The van der Waals surface area contributed by atoms with E-state index in [1.165, 1.54) is 13.0 Å². The highest BCUT2D eigenvalue weighted by atomic mass is 35.5. The van der Waals surface area contributed by atoms with Crippen molar-refractivity contribution >= 4 is 23.5 Å². The van der Waals surface area contributed by atoms with Crippen molar-refractivity contribution in [2.75, 3.05) is 0 Å². The van der Waals surface area contributed by atoms with Crippen LogP contribution in [0.1, 0.15) is 6.92 Å². The van der Waals surface area contributed by atoms with Crippen LogP contribution < -0.4 is 0 Å². The van der Waals surface area contributed by atoms with Crippen molar-refractivity contribution in [2.45, 2.75) is 13.0 Å². The summed E-state index contributed by atoms with van der Waals surface area (Å²) in [4.78, 5) is 0. The maximum Gasteiger partial charge on any atom is 0.0925 e. The quantitative estimate of drug-likeness (QED) is 0.533. The Kier molecular flexibility index (Phi) is 3.91. The van der Waals surface area contributed by atoms with Crippen LogP contribution in [0.5, 0.6) is 0 Å². The van der Waals surface area contributed by atoms with E-state index < -0.39 is 6.10 Å². The Morgan fingerprint density at radius 2 is 2.20 bits per heavy atom. The number of nitrogens with one attached hydrogen (secondary N) is 2. The van der Waals surface area contributed by atoms with Gasteiger partial charge in [0.25, 0.3) is 0 Å². The lowest BCUT2D eigenvalue weighted by atomic mass is 10.2. The molecular formula is C6H9ClN2O. The van der Waals surface area contributed by atoms with Crippen molar-refractivity contribution in [3.05, 3.63) is 11.1 Å². The summed E-state index contributed by atoms with van der Waals surface area (Å²) in [5.74, 6) is 0. The minimum absolute atomic E-state index is 0.00787. The van der Waals surface area contributed by atoms with Gasteiger partial charge in [-0.1, -0.05) is 11.6 Å². The summed E-state index contributed by atoms with van der Waals surface area (Å²) in [5.41, 5.74) is 0.00787. The van der Waals surface area contributed by atoms with Gasteiger partial charge in [0, 0.05) is 6.21 Å². The molecule has 4 heteroatoms. The summed E-state index contributed by atoms with van der Waals surface area (Å²) in [6.45, 7) is 1.47. The molecule has 0 amide bonds. The number of halogens is 1. The smallest absolute Gasteiger partial charge is 0.0925 e. The van der Waals surface area contributed by atoms with Crippen molar-refractivity contribution in [1.29, 1.82) is 10.8 Å². The predicted molar refractivity (Wildman–Crippen MR) is 42.1 cm³/mol. The first kappa shape index (κ1) is 9.33. The van der Waals surface area contributed by atoms with Gasteiger partial charge in [-0.3, -0.25) is 0 Å². The molecule has 0 aliphatic heterocycles. The van der Waals surface area contributed by atoms with E-state index >= 15 is 0 Å². The van der Waals surface area contributed by atoms with Crippen LogP contribution >= 0.6 is 11.6 Å². The van der Waals surface area contributed by atoms with E-state index in [0.717, 1.165) is 6.21 Å². The normalized spacial score (nSPS) is 14.5. The summed E-state index contributed by atoms with van der Waals surface area (Å²) in [5, 5.41) is 22.6. The third-order valence-electron chi connectivity index (χ3n) is 0.881. The lowest BCUT2D eigenvalue weighted by Crippen LogP contribution is -2.12. The van der Waals surface area contributed by atoms with Crippen LogP contribution in [0.3, 0.4) is 0 Å². The first-order valence-electron chi connectivity index (χ1n) is 2.72. The Labute approximate surface area is 64.3 Å². The highest BCUT2D eigenvalue weighted by molar-refractivity contribution is 6.40. The zero-order valence-electron chi connectivity index (χ0n) is 5.56. The SMILES string of the molecule is CC(O)C(=N)/C=C(/Cl)C=N. The van der Waals surface area contributed by atoms with E-state index in [1.807, 2.05) is 0 Å². The molecular weight excluding hydrogens is 152 g/mol. The highest BCUT2D eigenvalue weighted by Crippen LogP contribution is 1.98. The van der Waals surface area contributed by atoms with Crippen LogP contribution in [0.25, 0.3) is 0 Å². The molecule has 0 saturated carbocycles. The molecule has 1 unspecified atom stereocenters. The fourth-order valence-electron chi connectivity index (χ4n) is 0.311. The molecule has 0 aliphatic carbocycles. The van der Waals surface area contributed by atoms with Crippen molar-refractivity contribution in [2.24, 2.45) is 0 Å². The number of hydrogen-bond acceptors (Lipinski definition) is 3. The zero-order valence-corrected chi connectivity index (χ0v) is 6.31. The lowest BCUT2D eigenvalue weighted by Gasteiger charge is -1.99. The molecule has 1 atom stereocenters. The highest BCUT2D eigenvalue weighted by Gasteiger charge is 2.00. The molecule has 3 N–H and O–H groups in total. The van der Waals surface area contributed by atoms with Gasteiger partial charge in [0.2, 0.25) is 0 Å². The van der Waals surface area contributed by atoms with E-state index in [1.54, 1.807) is 0 Å². The number of hydrogen-bond donors (Lipinski definition) is 3. The van der Waals surface area contributed by atoms with Crippen molar-refractivity contribution in [3.63, 3.8) is 0 Å². The van der Waals surface area contributed by atoms with Gasteiger partial charge in [-0.15, -0.1) is 0 Å².